The van der Waals surface area contributed by atoms with Gasteiger partial charge in [-0.2, -0.15) is 0 Å². The van der Waals surface area contributed by atoms with E-state index in [2.05, 4.69) is 52.1 Å². The molecule has 0 amide bonds. The van der Waals surface area contributed by atoms with Crippen molar-refractivity contribution in [3.63, 3.8) is 0 Å². The molecule has 1 aliphatic carbocycles. The van der Waals surface area contributed by atoms with Gasteiger partial charge < -0.3 is 15.1 Å². The highest BCUT2D eigenvalue weighted by Crippen LogP contribution is 2.43. The van der Waals surface area contributed by atoms with E-state index in [-0.39, 0.29) is 6.04 Å². The van der Waals surface area contributed by atoms with Crippen LogP contribution in [0.2, 0.25) is 0 Å². The van der Waals surface area contributed by atoms with Gasteiger partial charge in [-0.1, -0.05) is 29.3 Å². The van der Waals surface area contributed by atoms with E-state index in [1.54, 1.807) is 0 Å². The molecule has 6 heteroatoms. The van der Waals surface area contributed by atoms with Crippen molar-refractivity contribution in [3.8, 4) is 22.6 Å². The largest absolute Gasteiger partial charge is 0.420 e. The first kappa shape index (κ1) is 18.3. The smallest absolute Gasteiger partial charge is 0.251 e. The Hall–Kier alpha value is -2.73. The minimum atomic E-state index is 0.270. The second-order valence-electron chi connectivity index (χ2n) is 8.50. The fourth-order valence-electron chi connectivity index (χ4n) is 4.25. The topological polar surface area (TPSA) is 81.1 Å². The van der Waals surface area contributed by atoms with Gasteiger partial charge in [-0.3, -0.25) is 4.98 Å². The van der Waals surface area contributed by atoms with Crippen LogP contribution >= 0.6 is 0 Å². The van der Waals surface area contributed by atoms with Gasteiger partial charge in [0.25, 0.3) is 5.89 Å². The second kappa shape index (κ2) is 7.26. The van der Waals surface area contributed by atoms with E-state index in [9.17, 15) is 0 Å². The van der Waals surface area contributed by atoms with Crippen LogP contribution in [0, 0.1) is 13.8 Å². The molecule has 0 bridgehead atoms. The summed E-state index contributed by atoms with van der Waals surface area (Å²) in [5, 5.41) is 8.68. The summed E-state index contributed by atoms with van der Waals surface area (Å²) in [6.45, 7) is 6.10. The van der Waals surface area contributed by atoms with E-state index < -0.39 is 0 Å². The normalized spacial score (nSPS) is 17.7. The Morgan fingerprint density at radius 3 is 2.31 bits per heavy atom. The van der Waals surface area contributed by atoms with Gasteiger partial charge in [0.05, 0.1) is 11.3 Å². The molecule has 1 saturated heterocycles. The number of aryl methyl sites for hydroxylation is 2. The Kier molecular flexibility index (Phi) is 4.59. The third-order valence-corrected chi connectivity index (χ3v) is 5.90. The maximum absolute atomic E-state index is 6.18. The Balaban J connectivity index is 1.65. The number of hydrogen-bond acceptors (Lipinski definition) is 6. The van der Waals surface area contributed by atoms with Crippen molar-refractivity contribution < 1.29 is 4.42 Å². The summed E-state index contributed by atoms with van der Waals surface area (Å²) in [4.78, 5) is 6.97. The molecule has 3 aromatic rings. The Bertz CT molecular complexity index is 1010. The third-order valence-electron chi connectivity index (χ3n) is 5.90. The number of pyridine rings is 1. The zero-order chi connectivity index (χ0) is 20.0. The lowest BCUT2D eigenvalue weighted by atomic mass is 9.96. The Labute approximate surface area is 171 Å². The summed E-state index contributed by atoms with van der Waals surface area (Å²) < 4.78 is 6.07. The van der Waals surface area contributed by atoms with Crippen molar-refractivity contribution in [2.45, 2.75) is 51.5 Å². The lowest BCUT2D eigenvalue weighted by Gasteiger charge is -2.34. The Morgan fingerprint density at radius 2 is 1.62 bits per heavy atom. The van der Waals surface area contributed by atoms with E-state index in [0.29, 0.717) is 11.8 Å². The predicted molar refractivity (Wildman–Crippen MR) is 114 cm³/mol. The first-order chi connectivity index (χ1) is 14.1. The first-order valence-electron chi connectivity index (χ1n) is 10.5. The number of rotatable bonds is 4. The highest BCUT2D eigenvalue weighted by Gasteiger charge is 2.31. The summed E-state index contributed by atoms with van der Waals surface area (Å²) in [5.41, 5.74) is 13.0. The van der Waals surface area contributed by atoms with E-state index in [0.717, 1.165) is 61.5 Å². The van der Waals surface area contributed by atoms with Gasteiger partial charge in [0.15, 0.2) is 0 Å². The molecule has 1 aromatic carbocycles. The van der Waals surface area contributed by atoms with Gasteiger partial charge in [0, 0.05) is 43.0 Å². The van der Waals surface area contributed by atoms with Crippen molar-refractivity contribution in [2.75, 3.05) is 18.0 Å². The van der Waals surface area contributed by atoms with Gasteiger partial charge in [-0.15, -0.1) is 10.2 Å². The monoisotopic (exact) mass is 389 g/mol. The lowest BCUT2D eigenvalue weighted by molar-refractivity contribution is 0.498. The highest BCUT2D eigenvalue weighted by molar-refractivity contribution is 5.88. The highest BCUT2D eigenvalue weighted by atomic mass is 16.4. The quantitative estimate of drug-likeness (QED) is 0.719. The fourth-order valence-corrected chi connectivity index (χ4v) is 4.25. The maximum Gasteiger partial charge on any atom is 0.251 e. The zero-order valence-corrected chi connectivity index (χ0v) is 17.1. The summed E-state index contributed by atoms with van der Waals surface area (Å²) in [7, 11) is 0. The number of anilines is 1. The SMILES string of the molecule is Cc1cc(C)cc(-c2cncc(-c3nnc(C4CC4)o3)c2N2CCC(N)CC2)c1. The summed E-state index contributed by atoms with van der Waals surface area (Å²) in [6, 6.07) is 6.90. The summed E-state index contributed by atoms with van der Waals surface area (Å²) in [5.74, 6) is 1.75. The molecule has 1 saturated carbocycles. The van der Waals surface area contributed by atoms with Crippen molar-refractivity contribution in [1.82, 2.24) is 15.2 Å². The molecule has 5 rings (SSSR count). The molecule has 1 aliphatic heterocycles. The molecule has 2 aromatic heterocycles. The fraction of sp³-hybridized carbons (Fsp3) is 0.435. The lowest BCUT2D eigenvalue weighted by Crippen LogP contribution is -2.40. The van der Waals surface area contributed by atoms with Gasteiger partial charge >= 0.3 is 0 Å². The molecule has 0 spiro atoms. The summed E-state index contributed by atoms with van der Waals surface area (Å²) >= 11 is 0. The van der Waals surface area contributed by atoms with Crippen molar-refractivity contribution >= 4 is 5.69 Å². The molecule has 150 valence electrons. The molecule has 2 aliphatic rings. The predicted octanol–water partition coefficient (Wildman–Crippen LogP) is 4.22. The number of piperidine rings is 1. The number of aromatic nitrogens is 3. The number of benzene rings is 1. The molecule has 2 fully saturated rings. The van der Waals surface area contributed by atoms with Crippen molar-refractivity contribution in [1.29, 1.82) is 0 Å². The van der Waals surface area contributed by atoms with E-state index in [4.69, 9.17) is 10.2 Å². The minimum Gasteiger partial charge on any atom is -0.420 e. The number of hydrogen-bond donors (Lipinski definition) is 1. The van der Waals surface area contributed by atoms with Gasteiger partial charge in [0.2, 0.25) is 5.89 Å². The van der Waals surface area contributed by atoms with Gasteiger partial charge in [-0.05, 0) is 45.1 Å². The molecule has 6 nitrogen and oxygen atoms in total. The van der Waals surface area contributed by atoms with Crippen LogP contribution < -0.4 is 10.6 Å². The van der Waals surface area contributed by atoms with Crippen molar-refractivity contribution in [3.05, 3.63) is 47.6 Å². The molecular formula is C23H27N5O. The minimum absolute atomic E-state index is 0.270. The average molecular weight is 390 g/mol. The molecule has 3 heterocycles. The molecule has 29 heavy (non-hydrogen) atoms. The van der Waals surface area contributed by atoms with E-state index in [1.807, 2.05) is 12.4 Å². The molecule has 0 unspecified atom stereocenters. The van der Waals surface area contributed by atoms with Crippen LogP contribution in [0.5, 0.6) is 0 Å². The molecule has 0 atom stereocenters. The van der Waals surface area contributed by atoms with E-state index in [1.165, 1.54) is 16.7 Å². The van der Waals surface area contributed by atoms with Crippen LogP contribution in [0.4, 0.5) is 5.69 Å². The molecular weight excluding hydrogens is 362 g/mol. The van der Waals surface area contributed by atoms with Crippen LogP contribution in [0.1, 0.15) is 48.6 Å². The summed E-state index contributed by atoms with van der Waals surface area (Å²) in [6.07, 6.45) is 8.05. The van der Waals surface area contributed by atoms with Gasteiger partial charge in [-0.25, -0.2) is 0 Å². The average Bonchev–Trinajstić information content (AvgIpc) is 3.44. The van der Waals surface area contributed by atoms with Crippen LogP contribution in [0.3, 0.4) is 0 Å². The van der Waals surface area contributed by atoms with Crippen LogP contribution in [-0.4, -0.2) is 34.3 Å². The van der Waals surface area contributed by atoms with Crippen LogP contribution in [0.15, 0.2) is 35.0 Å². The van der Waals surface area contributed by atoms with Crippen molar-refractivity contribution in [2.24, 2.45) is 5.73 Å². The molecule has 0 radical (unpaired) electrons. The zero-order valence-electron chi connectivity index (χ0n) is 17.1. The first-order valence-corrected chi connectivity index (χ1v) is 10.5. The van der Waals surface area contributed by atoms with Crippen LogP contribution in [0.25, 0.3) is 22.6 Å². The van der Waals surface area contributed by atoms with E-state index >= 15 is 0 Å². The third kappa shape index (κ3) is 3.65. The standard InChI is InChI=1S/C23H27N5O/c1-14-9-15(2)11-17(10-14)19-12-25-13-20(21(19)28-7-5-18(24)6-8-28)23-27-26-22(29-23)16-3-4-16/h9-13,16,18H,3-8,24H2,1-2H3. The maximum atomic E-state index is 6.18. The van der Waals surface area contributed by atoms with Crippen LogP contribution in [-0.2, 0) is 0 Å². The second-order valence-corrected chi connectivity index (χ2v) is 8.50. The number of nitrogens with zero attached hydrogens (tertiary/aromatic N) is 4. The Morgan fingerprint density at radius 1 is 0.931 bits per heavy atom. The van der Waals surface area contributed by atoms with Gasteiger partial charge in [0.1, 0.15) is 0 Å². The number of nitrogens with two attached hydrogens (primary N) is 1. The molecule has 2 N–H and O–H groups in total.